The zero-order valence-electron chi connectivity index (χ0n) is 13.9. The fourth-order valence-corrected chi connectivity index (χ4v) is 3.11. The normalized spacial score (nSPS) is 16.3. The molecule has 4 rings (SSSR count). The summed E-state index contributed by atoms with van der Waals surface area (Å²) in [6, 6.07) is 7.35. The molecular formula is C17H17F3N6. The summed E-state index contributed by atoms with van der Waals surface area (Å²) >= 11 is 0. The van der Waals surface area contributed by atoms with Crippen LogP contribution in [0.3, 0.4) is 0 Å². The van der Waals surface area contributed by atoms with Gasteiger partial charge in [-0.1, -0.05) is 12.1 Å². The van der Waals surface area contributed by atoms with E-state index in [0.29, 0.717) is 12.2 Å². The van der Waals surface area contributed by atoms with Crippen LogP contribution in [0.15, 0.2) is 42.9 Å². The quantitative estimate of drug-likeness (QED) is 0.716. The largest absolute Gasteiger partial charge is 0.416 e. The fourth-order valence-electron chi connectivity index (χ4n) is 3.11. The van der Waals surface area contributed by atoms with E-state index in [1.807, 2.05) is 6.07 Å². The summed E-state index contributed by atoms with van der Waals surface area (Å²) in [7, 11) is 0. The van der Waals surface area contributed by atoms with Gasteiger partial charge in [0.05, 0.1) is 17.4 Å². The van der Waals surface area contributed by atoms with Crippen molar-refractivity contribution in [1.82, 2.24) is 24.7 Å². The molecular weight excluding hydrogens is 345 g/mol. The third kappa shape index (κ3) is 3.48. The van der Waals surface area contributed by atoms with Crippen LogP contribution in [-0.2, 0) is 12.7 Å². The zero-order valence-corrected chi connectivity index (χ0v) is 13.9. The van der Waals surface area contributed by atoms with E-state index in [9.17, 15) is 13.2 Å². The zero-order chi connectivity index (χ0) is 18.1. The molecule has 1 saturated heterocycles. The fraction of sp³-hybridized carbons (Fsp3) is 0.353. The highest BCUT2D eigenvalue weighted by Gasteiger charge is 2.30. The second kappa shape index (κ2) is 6.56. The molecule has 2 aromatic heterocycles. The second-order valence-electron chi connectivity index (χ2n) is 6.31. The van der Waals surface area contributed by atoms with Gasteiger partial charge in [0.2, 0.25) is 0 Å². The number of halogens is 3. The second-order valence-corrected chi connectivity index (χ2v) is 6.31. The van der Waals surface area contributed by atoms with Crippen LogP contribution in [0.4, 0.5) is 18.9 Å². The van der Waals surface area contributed by atoms with Crippen molar-refractivity contribution >= 4 is 11.3 Å². The topological polar surface area (TPSA) is 49.6 Å². The molecule has 3 heterocycles. The first-order valence-electron chi connectivity index (χ1n) is 8.28. The van der Waals surface area contributed by atoms with Gasteiger partial charge in [-0.2, -0.15) is 18.3 Å². The minimum atomic E-state index is -4.29. The summed E-state index contributed by atoms with van der Waals surface area (Å²) in [5, 5.41) is 12.1. The summed E-state index contributed by atoms with van der Waals surface area (Å²) in [5.41, 5.74) is 1.98. The molecule has 0 atom stereocenters. The number of nitrogens with zero attached hydrogens (tertiary/aromatic N) is 6. The molecule has 1 fully saturated rings. The Labute approximate surface area is 147 Å². The van der Waals surface area contributed by atoms with Crippen LogP contribution in [0.1, 0.15) is 11.1 Å². The van der Waals surface area contributed by atoms with Crippen LogP contribution in [0.25, 0.3) is 5.65 Å². The summed E-state index contributed by atoms with van der Waals surface area (Å²) < 4.78 is 39.5. The van der Waals surface area contributed by atoms with Crippen LogP contribution in [0, 0.1) is 0 Å². The number of anilines is 1. The number of rotatable bonds is 3. The molecule has 1 aliphatic heterocycles. The molecule has 1 aromatic carbocycles. The molecule has 0 radical (unpaired) electrons. The van der Waals surface area contributed by atoms with E-state index < -0.39 is 11.7 Å². The molecule has 0 N–H and O–H groups in total. The van der Waals surface area contributed by atoms with E-state index in [0.717, 1.165) is 49.6 Å². The van der Waals surface area contributed by atoms with Crippen molar-refractivity contribution in [3.05, 3.63) is 54.0 Å². The number of hydrogen-bond donors (Lipinski definition) is 0. The first kappa shape index (κ1) is 16.8. The predicted octanol–water partition coefficient (Wildman–Crippen LogP) is 2.47. The van der Waals surface area contributed by atoms with Gasteiger partial charge in [0.25, 0.3) is 0 Å². The van der Waals surface area contributed by atoms with Crippen molar-refractivity contribution in [3.8, 4) is 0 Å². The SMILES string of the molecule is FC(F)(F)c1ccc(CN2CCN(c3cnn4cnnc4c3)CC2)cc1. The molecule has 3 aromatic rings. The Kier molecular flexibility index (Phi) is 4.23. The maximum absolute atomic E-state index is 12.6. The molecule has 0 spiro atoms. The molecule has 0 bridgehead atoms. The summed E-state index contributed by atoms with van der Waals surface area (Å²) in [6.45, 7) is 3.96. The number of piperazine rings is 1. The lowest BCUT2D eigenvalue weighted by Gasteiger charge is -2.35. The Balaban J connectivity index is 1.36. The molecule has 0 saturated carbocycles. The molecule has 6 nitrogen and oxygen atoms in total. The van der Waals surface area contributed by atoms with E-state index in [1.165, 1.54) is 0 Å². The van der Waals surface area contributed by atoms with E-state index in [1.54, 1.807) is 29.2 Å². The van der Waals surface area contributed by atoms with E-state index >= 15 is 0 Å². The van der Waals surface area contributed by atoms with Crippen LogP contribution >= 0.6 is 0 Å². The van der Waals surface area contributed by atoms with Gasteiger partial charge in [0, 0.05) is 38.8 Å². The smallest absolute Gasteiger partial charge is 0.368 e. The molecule has 136 valence electrons. The minimum absolute atomic E-state index is 0.609. The first-order valence-corrected chi connectivity index (χ1v) is 8.28. The average molecular weight is 362 g/mol. The van der Waals surface area contributed by atoms with Crippen molar-refractivity contribution in [2.24, 2.45) is 0 Å². The predicted molar refractivity (Wildman–Crippen MR) is 89.7 cm³/mol. The monoisotopic (exact) mass is 362 g/mol. The van der Waals surface area contributed by atoms with Gasteiger partial charge in [0.15, 0.2) is 5.65 Å². The molecule has 9 heteroatoms. The molecule has 0 unspecified atom stereocenters. The molecule has 1 aliphatic rings. The number of hydrogen-bond acceptors (Lipinski definition) is 5. The highest BCUT2D eigenvalue weighted by atomic mass is 19.4. The van der Waals surface area contributed by atoms with E-state index in [2.05, 4.69) is 25.1 Å². The Morgan fingerprint density at radius 3 is 2.42 bits per heavy atom. The minimum Gasteiger partial charge on any atom is -0.368 e. The van der Waals surface area contributed by atoms with E-state index in [4.69, 9.17) is 0 Å². The Morgan fingerprint density at radius 2 is 1.73 bits per heavy atom. The van der Waals surface area contributed by atoms with Crippen molar-refractivity contribution in [2.75, 3.05) is 31.1 Å². The van der Waals surface area contributed by atoms with Crippen molar-refractivity contribution < 1.29 is 13.2 Å². The molecule has 0 aliphatic carbocycles. The Bertz CT molecular complexity index is 881. The molecule has 0 amide bonds. The maximum atomic E-state index is 12.6. The number of alkyl halides is 3. The lowest BCUT2D eigenvalue weighted by atomic mass is 10.1. The van der Waals surface area contributed by atoms with Crippen LogP contribution < -0.4 is 4.90 Å². The van der Waals surface area contributed by atoms with Crippen molar-refractivity contribution in [2.45, 2.75) is 12.7 Å². The summed E-state index contributed by atoms with van der Waals surface area (Å²) in [5.74, 6) is 0. The Hall–Kier alpha value is -2.68. The number of fused-ring (bicyclic) bond motifs is 1. The van der Waals surface area contributed by atoms with Gasteiger partial charge in [-0.25, -0.2) is 4.52 Å². The van der Waals surface area contributed by atoms with E-state index in [-0.39, 0.29) is 0 Å². The van der Waals surface area contributed by atoms with Gasteiger partial charge < -0.3 is 4.90 Å². The van der Waals surface area contributed by atoms with Crippen molar-refractivity contribution in [1.29, 1.82) is 0 Å². The van der Waals surface area contributed by atoms with Gasteiger partial charge in [-0.05, 0) is 17.7 Å². The third-order valence-corrected chi connectivity index (χ3v) is 4.57. The van der Waals surface area contributed by atoms with Gasteiger partial charge in [-0.3, -0.25) is 4.90 Å². The van der Waals surface area contributed by atoms with Crippen LogP contribution in [0.2, 0.25) is 0 Å². The van der Waals surface area contributed by atoms with Crippen LogP contribution in [-0.4, -0.2) is 50.9 Å². The van der Waals surface area contributed by atoms with Gasteiger partial charge >= 0.3 is 6.18 Å². The number of aromatic nitrogens is 4. The van der Waals surface area contributed by atoms with Crippen LogP contribution in [0.5, 0.6) is 0 Å². The van der Waals surface area contributed by atoms with Gasteiger partial charge in [-0.15, -0.1) is 10.2 Å². The molecule has 26 heavy (non-hydrogen) atoms. The average Bonchev–Trinajstić information content (AvgIpc) is 3.10. The number of benzene rings is 1. The standard InChI is InChI=1S/C17H17F3N6/c18-17(19,20)14-3-1-13(2-4-14)11-24-5-7-25(8-6-24)15-9-16-23-21-12-26(16)22-10-15/h1-4,9-10,12H,5-8,11H2. The van der Waals surface area contributed by atoms with Crippen molar-refractivity contribution in [3.63, 3.8) is 0 Å². The summed E-state index contributed by atoms with van der Waals surface area (Å²) in [4.78, 5) is 4.47. The first-order chi connectivity index (χ1) is 12.5. The lowest BCUT2D eigenvalue weighted by molar-refractivity contribution is -0.137. The third-order valence-electron chi connectivity index (χ3n) is 4.57. The highest BCUT2D eigenvalue weighted by Crippen LogP contribution is 2.29. The van der Waals surface area contributed by atoms with Gasteiger partial charge in [0.1, 0.15) is 6.33 Å². The summed E-state index contributed by atoms with van der Waals surface area (Å²) in [6.07, 6.45) is -0.938. The lowest BCUT2D eigenvalue weighted by Crippen LogP contribution is -2.46. The highest BCUT2D eigenvalue weighted by molar-refractivity contribution is 5.53. The Morgan fingerprint density at radius 1 is 1.00 bits per heavy atom. The maximum Gasteiger partial charge on any atom is 0.416 e.